The summed E-state index contributed by atoms with van der Waals surface area (Å²) in [6, 6.07) is 4.89. The maximum absolute atomic E-state index is 12.6. The first-order chi connectivity index (χ1) is 12.3. The van der Waals surface area contributed by atoms with Crippen molar-refractivity contribution in [3.8, 4) is 5.69 Å². The predicted octanol–water partition coefficient (Wildman–Crippen LogP) is 2.66. The number of nitrogens with zero attached hydrogens (tertiary/aromatic N) is 4. The Hall–Kier alpha value is -2.12. The van der Waals surface area contributed by atoms with Crippen molar-refractivity contribution in [1.29, 1.82) is 0 Å². The summed E-state index contributed by atoms with van der Waals surface area (Å²) in [6.07, 6.45) is 0.274. The molecule has 9 heteroatoms. The molecule has 0 unspecified atom stereocenters. The number of hydrogen-bond donors (Lipinski definition) is 1. The van der Waals surface area contributed by atoms with Gasteiger partial charge in [-0.05, 0) is 12.1 Å². The third-order valence-corrected chi connectivity index (χ3v) is 4.79. The molecule has 26 heavy (non-hydrogen) atoms. The van der Waals surface area contributed by atoms with Crippen molar-refractivity contribution in [2.75, 3.05) is 13.6 Å². The molecule has 7 nitrogen and oxygen atoms in total. The van der Waals surface area contributed by atoms with Crippen LogP contribution in [0.1, 0.15) is 42.6 Å². The Morgan fingerprint density at radius 2 is 1.96 bits per heavy atom. The van der Waals surface area contributed by atoms with Crippen molar-refractivity contribution >= 4 is 35.0 Å². The number of aromatic nitrogens is 3. The van der Waals surface area contributed by atoms with Gasteiger partial charge >= 0.3 is 0 Å². The minimum absolute atomic E-state index is 0.000456. The van der Waals surface area contributed by atoms with E-state index in [1.807, 2.05) is 13.8 Å². The van der Waals surface area contributed by atoms with Crippen LogP contribution in [0.3, 0.4) is 0 Å². The minimum Gasteiger partial charge on any atom is -0.344 e. The van der Waals surface area contributed by atoms with E-state index in [9.17, 15) is 9.59 Å². The van der Waals surface area contributed by atoms with Crippen LogP contribution in [0, 0.1) is 0 Å². The van der Waals surface area contributed by atoms with E-state index in [-0.39, 0.29) is 30.1 Å². The lowest BCUT2D eigenvalue weighted by Crippen LogP contribution is -2.37. The molecule has 1 aliphatic heterocycles. The van der Waals surface area contributed by atoms with E-state index in [4.69, 9.17) is 23.2 Å². The molecule has 0 radical (unpaired) electrons. The van der Waals surface area contributed by atoms with Gasteiger partial charge in [0.15, 0.2) is 0 Å². The largest absolute Gasteiger partial charge is 0.344 e. The normalized spacial score (nSPS) is 17.2. The molecule has 1 N–H and O–H groups in total. The summed E-state index contributed by atoms with van der Waals surface area (Å²) in [5, 5.41) is 7.97. The molecule has 0 aliphatic carbocycles. The average molecular weight is 396 g/mol. The molecular formula is C17H19Cl2N5O2. The van der Waals surface area contributed by atoms with Crippen molar-refractivity contribution in [3.63, 3.8) is 0 Å². The second kappa shape index (κ2) is 7.25. The number of carbonyl (C=O) groups excluding carboxylic acids is 2. The van der Waals surface area contributed by atoms with Gasteiger partial charge in [-0.3, -0.25) is 9.59 Å². The number of carbonyl (C=O) groups is 2. The smallest absolute Gasteiger partial charge is 0.291 e. The Kier molecular flexibility index (Phi) is 5.20. The van der Waals surface area contributed by atoms with Crippen LogP contribution in [0.15, 0.2) is 18.2 Å². The van der Waals surface area contributed by atoms with E-state index in [2.05, 4.69) is 15.4 Å². The molecule has 3 rings (SSSR count). The van der Waals surface area contributed by atoms with Crippen LogP contribution in [0.25, 0.3) is 5.69 Å². The van der Waals surface area contributed by atoms with Gasteiger partial charge in [-0.25, -0.2) is 9.67 Å². The van der Waals surface area contributed by atoms with Crippen LogP contribution in [0.2, 0.25) is 10.0 Å². The number of hydrogen-bond acceptors (Lipinski definition) is 4. The first kappa shape index (κ1) is 18.7. The summed E-state index contributed by atoms with van der Waals surface area (Å²) in [5.74, 6) is 0.161. The third-order valence-electron chi connectivity index (χ3n) is 4.18. The molecule has 1 fully saturated rings. The number of likely N-dealkylation sites (tertiary alicyclic amines) is 1. The fourth-order valence-electron chi connectivity index (χ4n) is 2.86. The highest BCUT2D eigenvalue weighted by Gasteiger charge is 2.30. The van der Waals surface area contributed by atoms with Gasteiger partial charge in [-0.15, -0.1) is 5.10 Å². The van der Waals surface area contributed by atoms with Crippen LogP contribution < -0.4 is 5.32 Å². The molecule has 1 aliphatic rings. The highest BCUT2D eigenvalue weighted by Crippen LogP contribution is 2.30. The van der Waals surface area contributed by atoms with E-state index < -0.39 is 5.91 Å². The summed E-state index contributed by atoms with van der Waals surface area (Å²) in [6.45, 7) is 4.35. The Balaban J connectivity index is 1.93. The van der Waals surface area contributed by atoms with E-state index in [0.29, 0.717) is 28.1 Å². The average Bonchev–Trinajstić information content (AvgIpc) is 3.12. The number of nitrogens with one attached hydrogen (secondary N) is 1. The second-order valence-electron chi connectivity index (χ2n) is 6.58. The van der Waals surface area contributed by atoms with Gasteiger partial charge in [0.1, 0.15) is 11.5 Å². The molecule has 2 aromatic rings. The molecule has 0 bridgehead atoms. The fraction of sp³-hybridized carbons (Fsp3) is 0.412. The molecular weight excluding hydrogens is 377 g/mol. The van der Waals surface area contributed by atoms with Crippen LogP contribution in [0.4, 0.5) is 0 Å². The number of rotatable bonds is 4. The minimum atomic E-state index is -0.429. The zero-order chi connectivity index (χ0) is 19.0. The highest BCUT2D eigenvalue weighted by atomic mass is 35.5. The summed E-state index contributed by atoms with van der Waals surface area (Å²) in [4.78, 5) is 30.1. The Morgan fingerprint density at radius 1 is 1.31 bits per heavy atom. The topological polar surface area (TPSA) is 80.1 Å². The van der Waals surface area contributed by atoms with Gasteiger partial charge in [-0.1, -0.05) is 43.1 Å². The summed E-state index contributed by atoms with van der Waals surface area (Å²) in [7, 11) is 1.71. The summed E-state index contributed by atoms with van der Waals surface area (Å²) < 4.78 is 1.51. The van der Waals surface area contributed by atoms with Gasteiger partial charge in [0.25, 0.3) is 5.91 Å². The lowest BCUT2D eigenvalue weighted by atomic mass is 10.2. The van der Waals surface area contributed by atoms with Gasteiger partial charge < -0.3 is 10.2 Å². The standard InChI is InChI=1S/C17H19Cl2N5O2/c1-9(2)16-21-15(17(26)20-10-7-13(25)23(3)8-10)22-24(16)14-11(18)5-4-6-12(14)19/h4-6,9-10H,7-8H2,1-3H3,(H,20,26)/t10-/m0/s1. The molecule has 2 heterocycles. The molecule has 1 aromatic carbocycles. The van der Waals surface area contributed by atoms with E-state index in [1.54, 1.807) is 30.1 Å². The zero-order valence-corrected chi connectivity index (χ0v) is 16.2. The van der Waals surface area contributed by atoms with Crippen molar-refractivity contribution in [2.24, 2.45) is 0 Å². The maximum Gasteiger partial charge on any atom is 0.291 e. The lowest BCUT2D eigenvalue weighted by Gasteiger charge is -2.11. The molecule has 0 saturated carbocycles. The van der Waals surface area contributed by atoms with E-state index in [0.717, 1.165) is 0 Å². The van der Waals surface area contributed by atoms with E-state index in [1.165, 1.54) is 4.68 Å². The number of likely N-dealkylation sites (N-methyl/N-ethyl adjacent to an activating group) is 1. The molecule has 1 saturated heterocycles. The van der Waals surface area contributed by atoms with Gasteiger partial charge in [0, 0.05) is 25.9 Å². The number of benzene rings is 1. The Bertz CT molecular complexity index is 845. The molecule has 1 aromatic heterocycles. The number of halogens is 2. The van der Waals surface area contributed by atoms with Crippen LogP contribution >= 0.6 is 23.2 Å². The Morgan fingerprint density at radius 3 is 2.50 bits per heavy atom. The van der Waals surface area contributed by atoms with Crippen molar-refractivity contribution in [2.45, 2.75) is 32.2 Å². The quantitative estimate of drug-likeness (QED) is 0.862. The highest BCUT2D eigenvalue weighted by molar-refractivity contribution is 6.37. The van der Waals surface area contributed by atoms with Crippen LogP contribution in [0.5, 0.6) is 0 Å². The van der Waals surface area contributed by atoms with Crippen molar-refractivity contribution in [1.82, 2.24) is 25.0 Å². The van der Waals surface area contributed by atoms with Crippen molar-refractivity contribution in [3.05, 3.63) is 39.9 Å². The second-order valence-corrected chi connectivity index (χ2v) is 7.39. The number of para-hydroxylation sites is 1. The first-order valence-electron chi connectivity index (χ1n) is 8.24. The van der Waals surface area contributed by atoms with Gasteiger partial charge in [0.2, 0.25) is 11.7 Å². The summed E-state index contributed by atoms with van der Waals surface area (Å²) >= 11 is 12.6. The zero-order valence-electron chi connectivity index (χ0n) is 14.7. The molecule has 1 atom stereocenters. The lowest BCUT2D eigenvalue weighted by molar-refractivity contribution is -0.126. The predicted molar refractivity (Wildman–Crippen MR) is 99.0 cm³/mol. The monoisotopic (exact) mass is 395 g/mol. The fourth-order valence-corrected chi connectivity index (χ4v) is 3.42. The maximum atomic E-state index is 12.6. The molecule has 138 valence electrons. The molecule has 0 spiro atoms. The van der Waals surface area contributed by atoms with Gasteiger partial charge in [0.05, 0.1) is 16.1 Å². The summed E-state index contributed by atoms with van der Waals surface area (Å²) in [5.41, 5.74) is 0.488. The van der Waals surface area contributed by atoms with Gasteiger partial charge in [-0.2, -0.15) is 0 Å². The SMILES string of the molecule is CC(C)c1nc(C(=O)N[C@H]2CC(=O)N(C)C2)nn1-c1c(Cl)cccc1Cl. The van der Waals surface area contributed by atoms with Crippen LogP contribution in [-0.4, -0.2) is 51.1 Å². The number of amides is 2. The van der Waals surface area contributed by atoms with Crippen LogP contribution in [-0.2, 0) is 4.79 Å². The van der Waals surface area contributed by atoms with Crippen molar-refractivity contribution < 1.29 is 9.59 Å². The Labute approximate surface area is 161 Å². The first-order valence-corrected chi connectivity index (χ1v) is 8.99. The molecule has 2 amide bonds. The van der Waals surface area contributed by atoms with E-state index >= 15 is 0 Å². The third kappa shape index (κ3) is 3.54.